The van der Waals surface area contributed by atoms with Crippen LogP contribution in [0, 0.1) is 0 Å². The van der Waals surface area contributed by atoms with Gasteiger partial charge in [0.15, 0.2) is 0 Å². The van der Waals surface area contributed by atoms with Crippen LogP contribution in [-0.4, -0.2) is 18.4 Å². The molecule has 3 N–H and O–H groups in total. The SMILES string of the molecule is CC(=O)Nc1cccc(NC(=O)CNC(C)c2ccccc2Cl)c1. The number of anilines is 2. The zero-order valence-electron chi connectivity index (χ0n) is 13.6. The molecule has 126 valence electrons. The first kappa shape index (κ1) is 18.0. The van der Waals surface area contributed by atoms with E-state index >= 15 is 0 Å². The van der Waals surface area contributed by atoms with Crippen molar-refractivity contribution >= 4 is 34.8 Å². The molecule has 1 unspecified atom stereocenters. The molecule has 5 nitrogen and oxygen atoms in total. The number of halogens is 1. The van der Waals surface area contributed by atoms with E-state index in [-0.39, 0.29) is 24.4 Å². The summed E-state index contributed by atoms with van der Waals surface area (Å²) in [6.07, 6.45) is 0. The number of carbonyl (C=O) groups excluding carboxylic acids is 2. The molecule has 0 aromatic heterocycles. The van der Waals surface area contributed by atoms with E-state index in [0.29, 0.717) is 16.4 Å². The van der Waals surface area contributed by atoms with Crippen LogP contribution in [0.4, 0.5) is 11.4 Å². The molecule has 0 aliphatic carbocycles. The Labute approximate surface area is 146 Å². The molecule has 0 heterocycles. The van der Waals surface area contributed by atoms with Gasteiger partial charge in [0.25, 0.3) is 0 Å². The average Bonchev–Trinajstić information content (AvgIpc) is 2.53. The van der Waals surface area contributed by atoms with Crippen LogP contribution in [0.2, 0.25) is 5.02 Å². The van der Waals surface area contributed by atoms with E-state index in [2.05, 4.69) is 16.0 Å². The van der Waals surface area contributed by atoms with E-state index in [9.17, 15) is 9.59 Å². The van der Waals surface area contributed by atoms with Gasteiger partial charge in [-0.3, -0.25) is 9.59 Å². The second-order valence-electron chi connectivity index (χ2n) is 5.43. The molecule has 0 spiro atoms. The van der Waals surface area contributed by atoms with Crippen molar-refractivity contribution in [3.63, 3.8) is 0 Å². The Bertz CT molecular complexity index is 734. The van der Waals surface area contributed by atoms with Gasteiger partial charge in [0, 0.05) is 29.4 Å². The Morgan fingerprint density at radius 2 is 1.71 bits per heavy atom. The highest BCUT2D eigenvalue weighted by Crippen LogP contribution is 2.22. The van der Waals surface area contributed by atoms with Crippen LogP contribution in [-0.2, 0) is 9.59 Å². The van der Waals surface area contributed by atoms with Crippen LogP contribution in [0.3, 0.4) is 0 Å². The highest BCUT2D eigenvalue weighted by atomic mass is 35.5. The van der Waals surface area contributed by atoms with Gasteiger partial charge < -0.3 is 16.0 Å². The van der Waals surface area contributed by atoms with Gasteiger partial charge in [0.2, 0.25) is 11.8 Å². The third-order valence-corrected chi connectivity index (χ3v) is 3.75. The molecule has 6 heteroatoms. The molecule has 24 heavy (non-hydrogen) atoms. The van der Waals surface area contributed by atoms with E-state index < -0.39 is 0 Å². The molecule has 2 amide bonds. The summed E-state index contributed by atoms with van der Waals surface area (Å²) in [5.41, 5.74) is 2.20. The smallest absolute Gasteiger partial charge is 0.238 e. The first-order valence-corrected chi connectivity index (χ1v) is 7.99. The number of nitrogens with one attached hydrogen (secondary N) is 3. The lowest BCUT2D eigenvalue weighted by Gasteiger charge is -2.15. The van der Waals surface area contributed by atoms with E-state index in [1.54, 1.807) is 24.3 Å². The summed E-state index contributed by atoms with van der Waals surface area (Å²) in [6.45, 7) is 3.54. The summed E-state index contributed by atoms with van der Waals surface area (Å²) in [6, 6.07) is 14.5. The minimum Gasteiger partial charge on any atom is -0.326 e. The molecule has 0 saturated carbocycles. The molecular formula is C18H20ClN3O2. The molecule has 2 aromatic carbocycles. The van der Waals surface area contributed by atoms with E-state index in [4.69, 9.17) is 11.6 Å². The molecule has 0 bridgehead atoms. The van der Waals surface area contributed by atoms with Crippen molar-refractivity contribution in [2.24, 2.45) is 0 Å². The molecular weight excluding hydrogens is 326 g/mol. The number of hydrogen-bond acceptors (Lipinski definition) is 3. The van der Waals surface area contributed by atoms with E-state index in [1.165, 1.54) is 6.92 Å². The number of benzene rings is 2. The molecule has 1 atom stereocenters. The lowest BCUT2D eigenvalue weighted by Crippen LogP contribution is -2.30. The zero-order valence-corrected chi connectivity index (χ0v) is 14.4. The third-order valence-electron chi connectivity index (χ3n) is 3.41. The Kier molecular flexibility index (Phi) is 6.35. The first-order valence-electron chi connectivity index (χ1n) is 7.61. The second kappa shape index (κ2) is 8.47. The largest absolute Gasteiger partial charge is 0.326 e. The Morgan fingerprint density at radius 3 is 2.38 bits per heavy atom. The monoisotopic (exact) mass is 345 g/mol. The fourth-order valence-corrected chi connectivity index (χ4v) is 2.56. The van der Waals surface area contributed by atoms with E-state index in [1.807, 2.05) is 31.2 Å². The lowest BCUT2D eigenvalue weighted by molar-refractivity contribution is -0.115. The van der Waals surface area contributed by atoms with Crippen LogP contribution in [0.25, 0.3) is 0 Å². The summed E-state index contributed by atoms with van der Waals surface area (Å²) >= 11 is 6.15. The van der Waals surface area contributed by atoms with Gasteiger partial charge in [-0.05, 0) is 36.8 Å². The third kappa shape index (κ3) is 5.37. The van der Waals surface area contributed by atoms with Crippen molar-refractivity contribution in [3.05, 3.63) is 59.1 Å². The van der Waals surface area contributed by atoms with Crippen LogP contribution >= 0.6 is 11.6 Å². The quantitative estimate of drug-likeness (QED) is 0.749. The van der Waals surface area contributed by atoms with E-state index in [0.717, 1.165) is 5.56 Å². The number of amides is 2. The summed E-state index contributed by atoms with van der Waals surface area (Å²) in [5, 5.41) is 9.28. The van der Waals surface area contributed by atoms with Gasteiger partial charge in [-0.2, -0.15) is 0 Å². The molecule has 0 aliphatic rings. The zero-order chi connectivity index (χ0) is 17.5. The average molecular weight is 346 g/mol. The van der Waals surface area contributed by atoms with Crippen molar-refractivity contribution in [1.29, 1.82) is 0 Å². The van der Waals surface area contributed by atoms with Gasteiger partial charge in [-0.15, -0.1) is 0 Å². The fourth-order valence-electron chi connectivity index (χ4n) is 2.27. The Morgan fingerprint density at radius 1 is 1.04 bits per heavy atom. The fraction of sp³-hybridized carbons (Fsp3) is 0.222. The summed E-state index contributed by atoms with van der Waals surface area (Å²) in [5.74, 6) is -0.331. The molecule has 0 aliphatic heterocycles. The minimum absolute atomic E-state index is 0.0461. The van der Waals surface area contributed by atoms with Crippen LogP contribution in [0.5, 0.6) is 0 Å². The predicted molar refractivity (Wildman–Crippen MR) is 97.2 cm³/mol. The summed E-state index contributed by atoms with van der Waals surface area (Å²) in [4.78, 5) is 23.1. The van der Waals surface area contributed by atoms with Crippen LogP contribution in [0.15, 0.2) is 48.5 Å². The van der Waals surface area contributed by atoms with Crippen LogP contribution < -0.4 is 16.0 Å². The Hall–Kier alpha value is -2.37. The van der Waals surface area contributed by atoms with Gasteiger partial charge >= 0.3 is 0 Å². The number of hydrogen-bond donors (Lipinski definition) is 3. The summed E-state index contributed by atoms with van der Waals surface area (Å²) < 4.78 is 0. The highest BCUT2D eigenvalue weighted by molar-refractivity contribution is 6.31. The van der Waals surface area contributed by atoms with Crippen molar-refractivity contribution < 1.29 is 9.59 Å². The van der Waals surface area contributed by atoms with Crippen molar-refractivity contribution in [2.75, 3.05) is 17.2 Å². The molecule has 0 radical (unpaired) electrons. The van der Waals surface area contributed by atoms with Crippen molar-refractivity contribution in [1.82, 2.24) is 5.32 Å². The van der Waals surface area contributed by atoms with Crippen LogP contribution in [0.1, 0.15) is 25.5 Å². The normalized spacial score (nSPS) is 11.6. The number of rotatable bonds is 6. The van der Waals surface area contributed by atoms with Gasteiger partial charge in [0.1, 0.15) is 0 Å². The maximum absolute atomic E-state index is 12.1. The van der Waals surface area contributed by atoms with Crippen molar-refractivity contribution in [2.45, 2.75) is 19.9 Å². The lowest BCUT2D eigenvalue weighted by atomic mass is 10.1. The molecule has 2 rings (SSSR count). The maximum Gasteiger partial charge on any atom is 0.238 e. The first-order chi connectivity index (χ1) is 11.5. The van der Waals surface area contributed by atoms with Gasteiger partial charge in [-0.1, -0.05) is 35.9 Å². The topological polar surface area (TPSA) is 70.2 Å². The predicted octanol–water partition coefficient (Wildman–Crippen LogP) is 3.59. The van der Waals surface area contributed by atoms with Crippen molar-refractivity contribution in [3.8, 4) is 0 Å². The molecule has 0 saturated heterocycles. The Balaban J connectivity index is 1.89. The molecule has 2 aromatic rings. The summed E-state index contributed by atoms with van der Waals surface area (Å²) in [7, 11) is 0. The standard InChI is InChI=1S/C18H20ClN3O2/c1-12(16-8-3-4-9-17(16)19)20-11-18(24)22-15-7-5-6-14(10-15)21-13(2)23/h3-10,12,20H,11H2,1-2H3,(H,21,23)(H,22,24). The highest BCUT2D eigenvalue weighted by Gasteiger charge is 2.10. The second-order valence-corrected chi connectivity index (χ2v) is 5.84. The van der Waals surface area contributed by atoms with Gasteiger partial charge in [0.05, 0.1) is 6.54 Å². The number of carbonyl (C=O) groups is 2. The van der Waals surface area contributed by atoms with Gasteiger partial charge in [-0.25, -0.2) is 0 Å². The minimum atomic E-state index is -0.172. The maximum atomic E-state index is 12.1. The molecule has 0 fully saturated rings.